The highest BCUT2D eigenvalue weighted by molar-refractivity contribution is 8.00. The Kier molecular flexibility index (Phi) is 7.15. The highest BCUT2D eigenvalue weighted by atomic mass is 32.2. The van der Waals surface area contributed by atoms with Crippen molar-refractivity contribution in [2.45, 2.75) is 73.5 Å². The summed E-state index contributed by atoms with van der Waals surface area (Å²) in [6, 6.07) is 8.52. The van der Waals surface area contributed by atoms with Crippen LogP contribution in [-0.2, 0) is 9.59 Å². The zero-order valence-electron chi connectivity index (χ0n) is 20.3. The number of carbonyl (C=O) groups is 3. The Labute approximate surface area is 221 Å². The number of anilines is 1. The normalized spacial score (nSPS) is 22.5. The van der Waals surface area contributed by atoms with E-state index in [1.807, 2.05) is 0 Å². The summed E-state index contributed by atoms with van der Waals surface area (Å²) in [7, 11) is 0. The van der Waals surface area contributed by atoms with Crippen LogP contribution in [0.15, 0.2) is 47.4 Å². The molecule has 0 aromatic heterocycles. The second kappa shape index (κ2) is 10.2. The molecule has 1 heterocycles. The molecule has 3 aliphatic rings. The second-order valence-corrected chi connectivity index (χ2v) is 11.1. The minimum absolute atomic E-state index is 0.0334. The molecule has 11 heteroatoms. The Hall–Kier alpha value is -3.08. The molecule has 202 valence electrons. The Morgan fingerprint density at radius 1 is 1.00 bits per heavy atom. The van der Waals surface area contributed by atoms with Crippen molar-refractivity contribution in [1.82, 2.24) is 4.90 Å². The molecule has 2 fully saturated rings. The lowest BCUT2D eigenvalue weighted by Gasteiger charge is -2.48. The topological polar surface area (TPSA) is 77.9 Å². The Morgan fingerprint density at radius 2 is 1.71 bits per heavy atom. The average Bonchev–Trinajstić information content (AvgIpc) is 3.57. The molecule has 0 radical (unpaired) electrons. The fraction of sp³-hybridized carbons (Fsp3) is 0.444. The van der Waals surface area contributed by atoms with E-state index in [0.29, 0.717) is 24.1 Å². The number of hydrogen-bond donors (Lipinski definition) is 1. The van der Waals surface area contributed by atoms with E-state index >= 15 is 0 Å². The summed E-state index contributed by atoms with van der Waals surface area (Å²) in [6.45, 7) is 0. The Bertz CT molecular complexity index is 1250. The molecule has 1 aliphatic heterocycles. The van der Waals surface area contributed by atoms with E-state index in [-0.39, 0.29) is 59.0 Å². The molecule has 0 unspecified atom stereocenters. The van der Waals surface area contributed by atoms with Crippen molar-refractivity contribution in [1.29, 1.82) is 0 Å². The molecule has 2 amide bonds. The third-order valence-electron chi connectivity index (χ3n) is 7.47. The van der Waals surface area contributed by atoms with Gasteiger partial charge in [0, 0.05) is 46.1 Å². The smallest absolute Gasteiger partial charge is 0.446 e. The average molecular weight is 551 g/mol. The molecule has 3 atom stereocenters. The summed E-state index contributed by atoms with van der Waals surface area (Å²) in [5, 5.41) is 9.11. The highest BCUT2D eigenvalue weighted by Gasteiger charge is 2.51. The molecule has 5 rings (SSSR count). The molecule has 6 nitrogen and oxygen atoms in total. The van der Waals surface area contributed by atoms with Gasteiger partial charge in [0.1, 0.15) is 5.82 Å². The van der Waals surface area contributed by atoms with E-state index < -0.39 is 29.2 Å². The summed E-state index contributed by atoms with van der Waals surface area (Å²) >= 11 is -0.258. The lowest BCUT2D eigenvalue weighted by Crippen LogP contribution is -2.53. The van der Waals surface area contributed by atoms with Crippen molar-refractivity contribution in [2.75, 3.05) is 4.90 Å². The molecule has 2 aliphatic carbocycles. The lowest BCUT2D eigenvalue weighted by molar-refractivity contribution is -0.142. The summed E-state index contributed by atoms with van der Waals surface area (Å²) in [5.41, 5.74) is -3.26. The van der Waals surface area contributed by atoms with Gasteiger partial charge < -0.3 is 14.9 Å². The van der Waals surface area contributed by atoms with E-state index in [2.05, 4.69) is 0 Å². The van der Waals surface area contributed by atoms with Crippen molar-refractivity contribution >= 4 is 35.2 Å². The number of benzene rings is 2. The van der Waals surface area contributed by atoms with Gasteiger partial charge in [0.25, 0.3) is 5.91 Å². The lowest BCUT2D eigenvalue weighted by atomic mass is 9.81. The first-order valence-corrected chi connectivity index (χ1v) is 13.4. The third-order valence-corrected chi connectivity index (χ3v) is 8.21. The van der Waals surface area contributed by atoms with Crippen molar-refractivity contribution in [2.24, 2.45) is 5.92 Å². The van der Waals surface area contributed by atoms with Crippen LogP contribution in [0.5, 0.6) is 0 Å². The Balaban J connectivity index is 1.52. The molecule has 2 saturated carbocycles. The van der Waals surface area contributed by atoms with Crippen molar-refractivity contribution in [3.63, 3.8) is 0 Å². The van der Waals surface area contributed by atoms with Gasteiger partial charge in [-0.2, -0.15) is 13.2 Å². The zero-order valence-corrected chi connectivity index (χ0v) is 21.1. The van der Waals surface area contributed by atoms with E-state index in [9.17, 15) is 31.9 Å². The monoisotopic (exact) mass is 550 g/mol. The number of rotatable bonds is 7. The van der Waals surface area contributed by atoms with Gasteiger partial charge in [-0.15, -0.1) is 0 Å². The standard InChI is InChI=1S/C27H26F4N2O4S/c28-16-6-11-22-20(14-16)25(32(17-7-8-17)23(34)12-13-24(35)36)19-2-1-3-21(19)33(22)26(37)15-4-9-18(10-5-15)38-27(29,30)31/h4-6,9-11,14,17,19,21,25H,1-3,7-8,12-13H2,(H,35,36)/t19-,21+,25+/m0/s1. The van der Waals surface area contributed by atoms with Crippen LogP contribution >= 0.6 is 11.8 Å². The molecule has 2 aromatic rings. The third kappa shape index (κ3) is 5.39. The zero-order chi connectivity index (χ0) is 27.2. The number of carboxylic acids is 1. The van der Waals surface area contributed by atoms with Crippen LogP contribution in [0.25, 0.3) is 0 Å². The van der Waals surface area contributed by atoms with E-state index in [1.165, 1.54) is 42.5 Å². The van der Waals surface area contributed by atoms with Crippen LogP contribution < -0.4 is 4.90 Å². The number of nitrogens with zero attached hydrogens (tertiary/aromatic N) is 2. The van der Waals surface area contributed by atoms with E-state index in [0.717, 1.165) is 19.3 Å². The van der Waals surface area contributed by atoms with Crippen LogP contribution in [0, 0.1) is 11.7 Å². The number of carboxylic acid groups (broad SMARTS) is 1. The maximum Gasteiger partial charge on any atom is 0.446 e. The van der Waals surface area contributed by atoms with Crippen molar-refractivity contribution in [3.8, 4) is 0 Å². The summed E-state index contributed by atoms with van der Waals surface area (Å²) in [4.78, 5) is 41.5. The molecule has 2 aromatic carbocycles. The predicted octanol–water partition coefficient (Wildman–Crippen LogP) is 6.16. The number of thioether (sulfide) groups is 1. The first kappa shape index (κ1) is 26.5. The fourth-order valence-electron chi connectivity index (χ4n) is 5.88. The van der Waals surface area contributed by atoms with Gasteiger partial charge in [-0.3, -0.25) is 14.4 Å². The summed E-state index contributed by atoms with van der Waals surface area (Å²) in [5.74, 6) is -2.45. The number of carbonyl (C=O) groups excluding carboxylic acids is 2. The maximum atomic E-state index is 14.6. The van der Waals surface area contributed by atoms with Gasteiger partial charge >= 0.3 is 11.5 Å². The quantitative estimate of drug-likeness (QED) is 0.330. The number of fused-ring (bicyclic) bond motifs is 2. The first-order valence-electron chi connectivity index (χ1n) is 12.6. The molecule has 1 N–H and O–H groups in total. The predicted molar refractivity (Wildman–Crippen MR) is 132 cm³/mol. The number of alkyl halides is 3. The molecular formula is C27H26F4N2O4S. The van der Waals surface area contributed by atoms with Crippen molar-refractivity contribution in [3.05, 3.63) is 59.4 Å². The van der Waals surface area contributed by atoms with Gasteiger partial charge in [0.2, 0.25) is 5.91 Å². The van der Waals surface area contributed by atoms with Crippen LogP contribution in [0.1, 0.15) is 66.9 Å². The maximum absolute atomic E-state index is 14.6. The van der Waals surface area contributed by atoms with Crippen molar-refractivity contribution < 1.29 is 37.1 Å². The minimum Gasteiger partial charge on any atom is -0.481 e. The van der Waals surface area contributed by atoms with Crippen LogP contribution in [0.4, 0.5) is 23.2 Å². The van der Waals surface area contributed by atoms with E-state index in [4.69, 9.17) is 5.11 Å². The SMILES string of the molecule is O=C(O)CCC(=O)N(C1CC1)[C@H]1c2cc(F)ccc2N(C(=O)c2ccc(SC(F)(F)F)cc2)[C@@H]2CCC[C@@H]21. The fourth-order valence-corrected chi connectivity index (χ4v) is 6.42. The number of amides is 2. The Morgan fingerprint density at radius 3 is 2.34 bits per heavy atom. The van der Waals surface area contributed by atoms with Gasteiger partial charge in [0.05, 0.1) is 12.5 Å². The molecule has 0 bridgehead atoms. The van der Waals surface area contributed by atoms with Crippen LogP contribution in [0.2, 0.25) is 0 Å². The molecular weight excluding hydrogens is 524 g/mol. The minimum atomic E-state index is -4.44. The number of aliphatic carboxylic acids is 1. The van der Waals surface area contributed by atoms with E-state index in [1.54, 1.807) is 9.80 Å². The molecule has 0 saturated heterocycles. The molecule has 0 spiro atoms. The van der Waals surface area contributed by atoms with Gasteiger partial charge in [-0.25, -0.2) is 4.39 Å². The van der Waals surface area contributed by atoms with Gasteiger partial charge in [0.15, 0.2) is 0 Å². The first-order chi connectivity index (χ1) is 18.0. The number of halogens is 4. The van der Waals surface area contributed by atoms with Crippen LogP contribution in [0.3, 0.4) is 0 Å². The molecule has 38 heavy (non-hydrogen) atoms. The summed E-state index contributed by atoms with van der Waals surface area (Å²) < 4.78 is 52.8. The summed E-state index contributed by atoms with van der Waals surface area (Å²) in [6.07, 6.45) is 3.25. The highest BCUT2D eigenvalue weighted by Crippen LogP contribution is 2.53. The number of hydrogen-bond acceptors (Lipinski definition) is 4. The largest absolute Gasteiger partial charge is 0.481 e. The van der Waals surface area contributed by atoms with Gasteiger partial charge in [-0.05, 0) is 79.9 Å². The van der Waals surface area contributed by atoms with Crippen LogP contribution in [-0.4, -0.2) is 45.4 Å². The second-order valence-electron chi connectivity index (χ2n) is 9.98. The van der Waals surface area contributed by atoms with Gasteiger partial charge in [-0.1, -0.05) is 6.42 Å².